The number of likely N-dealkylation sites (N-methyl/N-ethyl adjacent to an activating group) is 1. The van der Waals surface area contributed by atoms with Gasteiger partial charge >= 0.3 is 0 Å². The zero-order valence-electron chi connectivity index (χ0n) is 16.7. The van der Waals surface area contributed by atoms with Gasteiger partial charge in [-0.15, -0.1) is 0 Å². The van der Waals surface area contributed by atoms with Crippen molar-refractivity contribution in [3.63, 3.8) is 0 Å². The van der Waals surface area contributed by atoms with Crippen LogP contribution in [-0.2, 0) is 4.79 Å². The molecule has 3 rings (SSSR count). The van der Waals surface area contributed by atoms with Gasteiger partial charge in [0.05, 0.1) is 11.5 Å². The van der Waals surface area contributed by atoms with E-state index in [1.54, 1.807) is 12.1 Å². The van der Waals surface area contributed by atoms with Crippen molar-refractivity contribution in [3.05, 3.63) is 63.2 Å². The van der Waals surface area contributed by atoms with Gasteiger partial charge in [-0.2, -0.15) is 0 Å². The van der Waals surface area contributed by atoms with Crippen LogP contribution in [0.5, 0.6) is 0 Å². The minimum absolute atomic E-state index is 0.143. The van der Waals surface area contributed by atoms with Crippen LogP contribution in [0.4, 0.5) is 17.1 Å². The van der Waals surface area contributed by atoms with Crippen molar-refractivity contribution in [3.8, 4) is 0 Å². The molecule has 2 aromatic rings. The first-order valence-corrected chi connectivity index (χ1v) is 9.42. The molecule has 2 N–H and O–H groups in total. The highest BCUT2D eigenvalue weighted by atomic mass is 16.6. The minimum atomic E-state index is -0.505. The van der Waals surface area contributed by atoms with Crippen LogP contribution < -0.4 is 10.6 Å². The number of aryl methyl sites for hydroxylation is 2. The highest BCUT2D eigenvalue weighted by molar-refractivity contribution is 6.00. The van der Waals surface area contributed by atoms with E-state index in [0.717, 1.165) is 24.0 Å². The van der Waals surface area contributed by atoms with Crippen LogP contribution in [0.25, 0.3) is 0 Å². The topological polar surface area (TPSA) is 105 Å². The van der Waals surface area contributed by atoms with Crippen LogP contribution in [0.2, 0.25) is 0 Å². The Hall–Kier alpha value is -3.42. The Bertz CT molecular complexity index is 969. The number of benzene rings is 2. The molecular weight excluding hydrogens is 372 g/mol. The summed E-state index contributed by atoms with van der Waals surface area (Å²) in [6.45, 7) is 3.65. The highest BCUT2D eigenvalue weighted by Crippen LogP contribution is 2.31. The Labute approximate surface area is 169 Å². The number of hydrogen-bond donors (Lipinski definition) is 2. The maximum Gasteiger partial charge on any atom is 0.293 e. The Balaban J connectivity index is 1.69. The van der Waals surface area contributed by atoms with Crippen molar-refractivity contribution >= 4 is 28.9 Å². The molecule has 2 aromatic carbocycles. The number of anilines is 2. The van der Waals surface area contributed by atoms with Crippen LogP contribution in [0.1, 0.15) is 34.3 Å². The van der Waals surface area contributed by atoms with Crippen LogP contribution in [0.3, 0.4) is 0 Å². The quantitative estimate of drug-likeness (QED) is 0.551. The summed E-state index contributed by atoms with van der Waals surface area (Å²) in [5.41, 5.74) is 3.07. The average Bonchev–Trinajstić information content (AvgIpc) is 3.48. The molecular formula is C21H24N4O4. The molecule has 0 bridgehead atoms. The van der Waals surface area contributed by atoms with Gasteiger partial charge in [-0.25, -0.2) is 0 Å². The lowest BCUT2D eigenvalue weighted by atomic mass is 10.1. The summed E-state index contributed by atoms with van der Waals surface area (Å²) in [4.78, 5) is 37.2. The molecule has 0 aromatic heterocycles. The van der Waals surface area contributed by atoms with E-state index in [0.29, 0.717) is 11.4 Å². The van der Waals surface area contributed by atoms with E-state index in [1.807, 2.05) is 32.0 Å². The number of nitrogens with one attached hydrogen (secondary N) is 2. The first-order valence-electron chi connectivity index (χ1n) is 9.42. The zero-order chi connectivity index (χ0) is 21.1. The fraction of sp³-hybridized carbons (Fsp3) is 0.333. The molecule has 1 aliphatic rings. The van der Waals surface area contributed by atoms with Gasteiger partial charge in [-0.3, -0.25) is 19.7 Å². The van der Waals surface area contributed by atoms with Gasteiger partial charge < -0.3 is 15.5 Å². The van der Waals surface area contributed by atoms with E-state index < -0.39 is 10.8 Å². The van der Waals surface area contributed by atoms with Crippen molar-refractivity contribution in [2.75, 3.05) is 24.2 Å². The van der Waals surface area contributed by atoms with Gasteiger partial charge in [0.1, 0.15) is 5.69 Å². The van der Waals surface area contributed by atoms with Gasteiger partial charge in [-0.1, -0.05) is 12.1 Å². The lowest BCUT2D eigenvalue weighted by molar-refractivity contribution is -0.384. The molecule has 1 aliphatic carbocycles. The first kappa shape index (κ1) is 20.3. The van der Waals surface area contributed by atoms with E-state index >= 15 is 0 Å². The summed E-state index contributed by atoms with van der Waals surface area (Å²) >= 11 is 0. The fourth-order valence-corrected chi connectivity index (χ4v) is 2.95. The van der Waals surface area contributed by atoms with Gasteiger partial charge in [0.2, 0.25) is 5.91 Å². The SMILES string of the molecule is Cc1ccc(C)c(NC(=O)CN(C)C(=O)c2ccc(NC3CC3)c([N+](=O)[O-])c2)c1. The molecule has 0 saturated heterocycles. The number of rotatable bonds is 7. The summed E-state index contributed by atoms with van der Waals surface area (Å²) < 4.78 is 0. The van der Waals surface area contributed by atoms with Crippen molar-refractivity contribution in [1.82, 2.24) is 4.90 Å². The summed E-state index contributed by atoms with van der Waals surface area (Å²) in [6, 6.07) is 10.3. The first-order chi connectivity index (χ1) is 13.7. The standard InChI is InChI=1S/C21H24N4O4/c1-13-4-5-14(2)18(10-13)23-20(26)12-24(3)21(27)15-6-9-17(22-16-7-8-16)19(11-15)25(28)29/h4-6,9-11,16,22H,7-8,12H2,1-3H3,(H,23,26). The largest absolute Gasteiger partial charge is 0.377 e. The molecule has 0 spiro atoms. The van der Waals surface area contributed by atoms with Gasteiger partial charge in [-0.05, 0) is 56.0 Å². The van der Waals surface area contributed by atoms with Gasteiger partial charge in [0, 0.05) is 30.4 Å². The lowest BCUT2D eigenvalue weighted by Gasteiger charge is -2.18. The van der Waals surface area contributed by atoms with Crippen LogP contribution >= 0.6 is 0 Å². The molecule has 8 nitrogen and oxygen atoms in total. The third-order valence-electron chi connectivity index (χ3n) is 4.77. The second-order valence-corrected chi connectivity index (χ2v) is 7.44. The maximum atomic E-state index is 12.7. The second kappa shape index (κ2) is 8.30. The maximum absolute atomic E-state index is 12.7. The molecule has 152 valence electrons. The molecule has 8 heteroatoms. The number of nitro groups is 1. The molecule has 29 heavy (non-hydrogen) atoms. The Kier molecular flexibility index (Phi) is 5.81. The number of carbonyl (C=O) groups excluding carboxylic acids is 2. The molecule has 0 atom stereocenters. The van der Waals surface area contributed by atoms with Crippen molar-refractivity contribution in [2.45, 2.75) is 32.7 Å². The number of carbonyl (C=O) groups is 2. The fourth-order valence-electron chi connectivity index (χ4n) is 2.95. The smallest absolute Gasteiger partial charge is 0.293 e. The molecule has 0 aliphatic heterocycles. The van der Waals surface area contributed by atoms with Gasteiger partial charge in [0.15, 0.2) is 0 Å². The van der Waals surface area contributed by atoms with E-state index in [2.05, 4.69) is 10.6 Å². The third kappa shape index (κ3) is 5.10. The molecule has 0 heterocycles. The van der Waals surface area contributed by atoms with E-state index in [-0.39, 0.29) is 29.7 Å². The zero-order valence-corrected chi connectivity index (χ0v) is 16.7. The summed E-state index contributed by atoms with van der Waals surface area (Å²) in [5.74, 6) is -0.793. The van der Waals surface area contributed by atoms with Crippen molar-refractivity contribution in [1.29, 1.82) is 0 Å². The van der Waals surface area contributed by atoms with Crippen LogP contribution in [0, 0.1) is 24.0 Å². The average molecular weight is 396 g/mol. The predicted molar refractivity (Wildman–Crippen MR) is 111 cm³/mol. The molecule has 0 unspecified atom stereocenters. The summed E-state index contributed by atoms with van der Waals surface area (Å²) in [7, 11) is 1.49. The van der Waals surface area contributed by atoms with Gasteiger partial charge in [0.25, 0.3) is 11.6 Å². The number of hydrogen-bond acceptors (Lipinski definition) is 5. The monoisotopic (exact) mass is 396 g/mol. The van der Waals surface area contributed by atoms with Crippen molar-refractivity contribution < 1.29 is 14.5 Å². The van der Waals surface area contributed by atoms with E-state index in [9.17, 15) is 19.7 Å². The number of nitro benzene ring substituents is 1. The van der Waals surface area contributed by atoms with Crippen LogP contribution in [0.15, 0.2) is 36.4 Å². The van der Waals surface area contributed by atoms with Crippen molar-refractivity contribution in [2.24, 2.45) is 0 Å². The molecule has 2 amide bonds. The Morgan fingerprint density at radius 3 is 2.52 bits per heavy atom. The second-order valence-electron chi connectivity index (χ2n) is 7.44. The van der Waals surface area contributed by atoms with E-state index in [1.165, 1.54) is 18.0 Å². The normalized spacial score (nSPS) is 12.9. The molecule has 0 radical (unpaired) electrons. The Morgan fingerprint density at radius 1 is 1.14 bits per heavy atom. The minimum Gasteiger partial charge on any atom is -0.377 e. The summed E-state index contributed by atoms with van der Waals surface area (Å²) in [6.07, 6.45) is 1.96. The molecule has 1 saturated carbocycles. The third-order valence-corrected chi connectivity index (χ3v) is 4.77. The van der Waals surface area contributed by atoms with Crippen LogP contribution in [-0.4, -0.2) is 41.3 Å². The van der Waals surface area contributed by atoms with E-state index in [4.69, 9.17) is 0 Å². The number of amides is 2. The summed E-state index contributed by atoms with van der Waals surface area (Å²) in [5, 5.41) is 17.3. The predicted octanol–water partition coefficient (Wildman–Crippen LogP) is 3.50. The Morgan fingerprint density at radius 2 is 1.86 bits per heavy atom. The number of nitrogens with zero attached hydrogens (tertiary/aromatic N) is 2. The lowest BCUT2D eigenvalue weighted by Crippen LogP contribution is -2.35. The highest BCUT2D eigenvalue weighted by Gasteiger charge is 2.26. The molecule has 1 fully saturated rings.